The van der Waals surface area contributed by atoms with E-state index in [1.165, 1.54) is 5.56 Å². The van der Waals surface area contributed by atoms with E-state index >= 15 is 0 Å². The van der Waals surface area contributed by atoms with Crippen molar-refractivity contribution in [2.75, 3.05) is 0 Å². The van der Waals surface area contributed by atoms with Gasteiger partial charge in [0, 0.05) is 11.9 Å². The lowest BCUT2D eigenvalue weighted by Crippen LogP contribution is -1.78. The van der Waals surface area contributed by atoms with Crippen LogP contribution in [-0.2, 0) is 0 Å². The maximum absolute atomic E-state index is 4.08. The lowest BCUT2D eigenvalue weighted by molar-refractivity contribution is 1.17. The molecule has 0 atom stereocenters. The van der Waals surface area contributed by atoms with Crippen molar-refractivity contribution in [3.63, 3.8) is 0 Å². The number of aromatic nitrogens is 1. The molecule has 9 heavy (non-hydrogen) atoms. The van der Waals surface area contributed by atoms with Crippen molar-refractivity contribution in [2.45, 2.75) is 13.8 Å². The van der Waals surface area contributed by atoms with E-state index in [-0.39, 0.29) is 12.4 Å². The van der Waals surface area contributed by atoms with E-state index in [4.69, 9.17) is 0 Å². The lowest BCUT2D eigenvalue weighted by Gasteiger charge is -1.89. The summed E-state index contributed by atoms with van der Waals surface area (Å²) in [6.07, 6.45) is 1.87. The predicted octanol–water partition coefficient (Wildman–Crippen LogP) is 2.12. The van der Waals surface area contributed by atoms with Crippen molar-refractivity contribution in [3.8, 4) is 0 Å². The highest BCUT2D eigenvalue weighted by Crippen LogP contribution is 1.94. The summed E-state index contributed by atoms with van der Waals surface area (Å²) in [5.41, 5.74) is 2.30. The quantitative estimate of drug-likeness (QED) is 0.542. The van der Waals surface area contributed by atoms with Gasteiger partial charge in [-0.25, -0.2) is 0 Å². The van der Waals surface area contributed by atoms with Gasteiger partial charge in [-0.1, -0.05) is 6.07 Å². The van der Waals surface area contributed by atoms with Gasteiger partial charge in [-0.15, -0.1) is 12.4 Å². The van der Waals surface area contributed by atoms with Crippen LogP contribution in [0.1, 0.15) is 11.3 Å². The Kier molecular flexibility index (Phi) is 3.25. The van der Waals surface area contributed by atoms with Crippen molar-refractivity contribution in [3.05, 3.63) is 29.6 Å². The van der Waals surface area contributed by atoms with Crippen LogP contribution >= 0.6 is 12.4 Å². The summed E-state index contributed by atoms with van der Waals surface area (Å²) < 4.78 is 0. The molecule has 0 bridgehead atoms. The Balaban J connectivity index is 0.000000640. The summed E-state index contributed by atoms with van der Waals surface area (Å²) in [5, 5.41) is 0. The first-order chi connectivity index (χ1) is 3.79. The van der Waals surface area contributed by atoms with Crippen molar-refractivity contribution in [1.82, 2.24) is 4.98 Å². The number of hydrogen-bond donors (Lipinski definition) is 0. The average Bonchev–Trinajstić information content (AvgIpc) is 1.77. The number of rotatable bonds is 0. The molecule has 1 rings (SSSR count). The van der Waals surface area contributed by atoms with Crippen LogP contribution in [0, 0.1) is 13.8 Å². The van der Waals surface area contributed by atoms with Crippen LogP contribution in [0.15, 0.2) is 18.3 Å². The molecule has 0 amide bonds. The highest BCUT2D eigenvalue weighted by molar-refractivity contribution is 5.85. The number of nitrogens with zero attached hydrogens (tertiary/aromatic N) is 1. The molecule has 0 unspecified atom stereocenters. The smallest absolute Gasteiger partial charge is 0.0372 e. The highest BCUT2D eigenvalue weighted by atomic mass is 35.5. The molecule has 0 radical (unpaired) electrons. The third-order valence-electron chi connectivity index (χ3n) is 1.06. The van der Waals surface area contributed by atoms with Crippen LogP contribution in [0.3, 0.4) is 0 Å². The van der Waals surface area contributed by atoms with Crippen LogP contribution in [0.2, 0.25) is 0 Å². The number of pyridine rings is 1. The second kappa shape index (κ2) is 3.46. The van der Waals surface area contributed by atoms with Gasteiger partial charge in [-0.05, 0) is 25.5 Å². The van der Waals surface area contributed by atoms with E-state index in [1.54, 1.807) is 0 Å². The standard InChI is InChI=1S/C7H9N.ClH/c1-6-3-4-7(2)8-5-6;/h3-5H,1-2H3;1H. The Morgan fingerprint density at radius 2 is 1.89 bits per heavy atom. The lowest BCUT2D eigenvalue weighted by atomic mass is 10.3. The number of hydrogen-bond acceptors (Lipinski definition) is 1. The molecule has 0 N–H and O–H groups in total. The van der Waals surface area contributed by atoms with Crippen LogP contribution in [0.4, 0.5) is 0 Å². The first-order valence-corrected chi connectivity index (χ1v) is 2.68. The summed E-state index contributed by atoms with van der Waals surface area (Å²) in [4.78, 5) is 4.08. The van der Waals surface area contributed by atoms with Crippen molar-refractivity contribution >= 4 is 12.4 Å². The van der Waals surface area contributed by atoms with E-state index in [2.05, 4.69) is 11.1 Å². The normalized spacial score (nSPS) is 8.22. The zero-order valence-electron chi connectivity index (χ0n) is 5.59. The minimum Gasteiger partial charge on any atom is -0.261 e. The van der Waals surface area contributed by atoms with E-state index in [0.29, 0.717) is 0 Å². The molecular formula is C7H10ClN. The van der Waals surface area contributed by atoms with Crippen LogP contribution < -0.4 is 0 Å². The first kappa shape index (κ1) is 8.44. The third kappa shape index (κ3) is 2.47. The molecule has 50 valence electrons. The van der Waals surface area contributed by atoms with E-state index in [1.807, 2.05) is 26.1 Å². The fourth-order valence-corrected chi connectivity index (χ4v) is 0.542. The second-order valence-corrected chi connectivity index (χ2v) is 1.98. The average molecular weight is 144 g/mol. The van der Waals surface area contributed by atoms with Gasteiger partial charge in [0.15, 0.2) is 0 Å². The minimum absolute atomic E-state index is 0. The Hall–Kier alpha value is -0.560. The Bertz CT molecular complexity index is 148. The van der Waals surface area contributed by atoms with Crippen LogP contribution in [0.25, 0.3) is 0 Å². The molecular weight excluding hydrogens is 134 g/mol. The maximum Gasteiger partial charge on any atom is 0.0372 e. The van der Waals surface area contributed by atoms with Gasteiger partial charge in [0.2, 0.25) is 0 Å². The van der Waals surface area contributed by atoms with E-state index < -0.39 is 0 Å². The van der Waals surface area contributed by atoms with Gasteiger partial charge in [-0.2, -0.15) is 0 Å². The Morgan fingerprint density at radius 3 is 2.22 bits per heavy atom. The molecule has 1 aromatic rings. The molecule has 0 aliphatic carbocycles. The number of aryl methyl sites for hydroxylation is 2. The Morgan fingerprint density at radius 1 is 1.22 bits per heavy atom. The second-order valence-electron chi connectivity index (χ2n) is 1.98. The minimum atomic E-state index is 0. The largest absolute Gasteiger partial charge is 0.261 e. The molecule has 0 fully saturated rings. The van der Waals surface area contributed by atoms with Gasteiger partial charge < -0.3 is 0 Å². The molecule has 0 saturated carbocycles. The van der Waals surface area contributed by atoms with Gasteiger partial charge in [0.05, 0.1) is 0 Å². The zero-order chi connectivity index (χ0) is 5.98. The van der Waals surface area contributed by atoms with E-state index in [9.17, 15) is 0 Å². The third-order valence-corrected chi connectivity index (χ3v) is 1.06. The zero-order valence-corrected chi connectivity index (χ0v) is 6.40. The summed E-state index contributed by atoms with van der Waals surface area (Å²) in [5.74, 6) is 0. The van der Waals surface area contributed by atoms with Gasteiger partial charge >= 0.3 is 0 Å². The van der Waals surface area contributed by atoms with Gasteiger partial charge in [0.25, 0.3) is 0 Å². The van der Waals surface area contributed by atoms with E-state index in [0.717, 1.165) is 5.69 Å². The fourth-order valence-electron chi connectivity index (χ4n) is 0.542. The van der Waals surface area contributed by atoms with Gasteiger partial charge in [-0.3, -0.25) is 4.98 Å². The topological polar surface area (TPSA) is 12.9 Å². The summed E-state index contributed by atoms with van der Waals surface area (Å²) in [6, 6.07) is 4.07. The SMILES string of the molecule is Cc1ccc(C)nc1.Cl. The van der Waals surface area contributed by atoms with Crippen molar-refractivity contribution in [1.29, 1.82) is 0 Å². The predicted molar refractivity (Wildman–Crippen MR) is 41.0 cm³/mol. The van der Waals surface area contributed by atoms with Crippen LogP contribution in [0.5, 0.6) is 0 Å². The fraction of sp³-hybridized carbons (Fsp3) is 0.286. The molecule has 0 spiro atoms. The molecule has 0 aliphatic rings. The highest BCUT2D eigenvalue weighted by Gasteiger charge is 1.81. The molecule has 2 heteroatoms. The molecule has 0 saturated heterocycles. The summed E-state index contributed by atoms with van der Waals surface area (Å²) >= 11 is 0. The molecule has 1 heterocycles. The van der Waals surface area contributed by atoms with Crippen LogP contribution in [-0.4, -0.2) is 4.98 Å². The molecule has 0 aromatic carbocycles. The van der Waals surface area contributed by atoms with Gasteiger partial charge in [0.1, 0.15) is 0 Å². The van der Waals surface area contributed by atoms with Crippen molar-refractivity contribution < 1.29 is 0 Å². The molecule has 0 aliphatic heterocycles. The molecule has 1 nitrogen and oxygen atoms in total. The maximum atomic E-state index is 4.08. The monoisotopic (exact) mass is 143 g/mol. The van der Waals surface area contributed by atoms with Crippen molar-refractivity contribution in [2.24, 2.45) is 0 Å². The molecule has 1 aromatic heterocycles. The summed E-state index contributed by atoms with van der Waals surface area (Å²) in [7, 11) is 0. The summed E-state index contributed by atoms with van der Waals surface area (Å²) in [6.45, 7) is 4.02. The number of halogens is 1. The first-order valence-electron chi connectivity index (χ1n) is 2.68. The Labute approximate surface area is 61.5 Å².